The SMILES string of the molecule is CCN(CC(C)C(=O)O)c1ccncc1. The number of carboxylic acids is 1. The normalized spacial score (nSPS) is 12.1. The predicted molar refractivity (Wildman–Crippen MR) is 58.9 cm³/mol. The zero-order chi connectivity index (χ0) is 11.3. The number of carboxylic acid groups (broad SMARTS) is 1. The van der Waals surface area contributed by atoms with E-state index < -0.39 is 5.97 Å². The molecule has 0 saturated carbocycles. The van der Waals surface area contributed by atoms with Gasteiger partial charge in [-0.05, 0) is 19.1 Å². The van der Waals surface area contributed by atoms with Crippen LogP contribution in [0.4, 0.5) is 5.69 Å². The third-order valence-corrected chi connectivity index (χ3v) is 2.33. The lowest BCUT2D eigenvalue weighted by Gasteiger charge is -2.24. The highest BCUT2D eigenvalue weighted by molar-refractivity contribution is 5.70. The van der Waals surface area contributed by atoms with Gasteiger partial charge in [-0.2, -0.15) is 0 Å². The molecule has 82 valence electrons. The number of anilines is 1. The lowest BCUT2D eigenvalue weighted by Crippen LogP contribution is -2.31. The summed E-state index contributed by atoms with van der Waals surface area (Å²) in [4.78, 5) is 16.7. The number of rotatable bonds is 5. The molecule has 0 aliphatic rings. The summed E-state index contributed by atoms with van der Waals surface area (Å²) in [7, 11) is 0. The van der Waals surface area contributed by atoms with Gasteiger partial charge in [0.2, 0.25) is 0 Å². The minimum atomic E-state index is -0.762. The minimum absolute atomic E-state index is 0.363. The van der Waals surface area contributed by atoms with Crippen molar-refractivity contribution < 1.29 is 9.90 Å². The van der Waals surface area contributed by atoms with E-state index in [1.165, 1.54) is 0 Å². The van der Waals surface area contributed by atoms with Gasteiger partial charge in [0, 0.05) is 31.2 Å². The molecule has 1 N–H and O–H groups in total. The molecule has 0 saturated heterocycles. The Balaban J connectivity index is 2.69. The first kappa shape index (κ1) is 11.5. The highest BCUT2D eigenvalue weighted by atomic mass is 16.4. The number of hydrogen-bond donors (Lipinski definition) is 1. The molecule has 4 heteroatoms. The number of aromatic nitrogens is 1. The molecule has 0 aromatic carbocycles. The molecule has 15 heavy (non-hydrogen) atoms. The maximum atomic E-state index is 10.7. The summed E-state index contributed by atoms with van der Waals surface area (Å²) in [6.07, 6.45) is 3.42. The molecular weight excluding hydrogens is 192 g/mol. The highest BCUT2D eigenvalue weighted by Crippen LogP contribution is 2.13. The molecule has 1 heterocycles. The van der Waals surface area contributed by atoms with Crippen LogP contribution < -0.4 is 4.90 Å². The second kappa shape index (κ2) is 5.34. The zero-order valence-corrected chi connectivity index (χ0v) is 9.05. The summed E-state index contributed by atoms with van der Waals surface area (Å²) in [5.41, 5.74) is 1.01. The van der Waals surface area contributed by atoms with Crippen molar-refractivity contribution in [1.29, 1.82) is 0 Å². The van der Waals surface area contributed by atoms with Crippen LogP contribution in [0, 0.1) is 5.92 Å². The lowest BCUT2D eigenvalue weighted by molar-refractivity contribution is -0.140. The molecule has 0 bridgehead atoms. The summed E-state index contributed by atoms with van der Waals surface area (Å²) in [6, 6.07) is 3.77. The molecule has 4 nitrogen and oxygen atoms in total. The maximum Gasteiger partial charge on any atom is 0.308 e. The number of aliphatic carboxylic acids is 1. The third kappa shape index (κ3) is 3.23. The molecule has 0 amide bonds. The monoisotopic (exact) mass is 208 g/mol. The van der Waals surface area contributed by atoms with Gasteiger partial charge in [-0.1, -0.05) is 6.92 Å². The van der Waals surface area contributed by atoms with Gasteiger partial charge in [-0.25, -0.2) is 0 Å². The Hall–Kier alpha value is -1.58. The summed E-state index contributed by atoms with van der Waals surface area (Å²) in [6.45, 7) is 5.04. The van der Waals surface area contributed by atoms with Gasteiger partial charge in [0.15, 0.2) is 0 Å². The van der Waals surface area contributed by atoms with Crippen molar-refractivity contribution in [3.8, 4) is 0 Å². The van der Waals surface area contributed by atoms with Crippen molar-refractivity contribution >= 4 is 11.7 Å². The average Bonchev–Trinajstić information content (AvgIpc) is 2.26. The Morgan fingerprint density at radius 3 is 2.60 bits per heavy atom. The quantitative estimate of drug-likeness (QED) is 0.799. The Morgan fingerprint density at radius 1 is 1.53 bits per heavy atom. The van der Waals surface area contributed by atoms with Crippen LogP contribution in [0.3, 0.4) is 0 Å². The number of carbonyl (C=O) groups is 1. The highest BCUT2D eigenvalue weighted by Gasteiger charge is 2.15. The predicted octanol–water partition coefficient (Wildman–Crippen LogP) is 1.63. The van der Waals surface area contributed by atoms with Crippen molar-refractivity contribution in [2.45, 2.75) is 13.8 Å². The first-order valence-electron chi connectivity index (χ1n) is 5.03. The zero-order valence-electron chi connectivity index (χ0n) is 9.05. The lowest BCUT2D eigenvalue weighted by atomic mass is 10.1. The van der Waals surface area contributed by atoms with Crippen molar-refractivity contribution in [2.75, 3.05) is 18.0 Å². The average molecular weight is 208 g/mol. The van der Waals surface area contributed by atoms with Gasteiger partial charge in [-0.15, -0.1) is 0 Å². The maximum absolute atomic E-state index is 10.7. The summed E-state index contributed by atoms with van der Waals surface area (Å²) < 4.78 is 0. The second-order valence-electron chi connectivity index (χ2n) is 3.48. The van der Waals surface area contributed by atoms with Crippen LogP contribution in [-0.4, -0.2) is 29.1 Å². The van der Waals surface area contributed by atoms with Crippen LogP contribution in [0.1, 0.15) is 13.8 Å². The molecule has 1 atom stereocenters. The van der Waals surface area contributed by atoms with Gasteiger partial charge >= 0.3 is 5.97 Å². The number of hydrogen-bond acceptors (Lipinski definition) is 3. The molecule has 1 rings (SSSR count). The van der Waals surface area contributed by atoms with Gasteiger partial charge in [0.1, 0.15) is 0 Å². The second-order valence-corrected chi connectivity index (χ2v) is 3.48. The Morgan fingerprint density at radius 2 is 2.13 bits per heavy atom. The molecule has 0 fully saturated rings. The fourth-order valence-corrected chi connectivity index (χ4v) is 1.38. The van der Waals surface area contributed by atoms with E-state index >= 15 is 0 Å². The Kier molecular flexibility index (Phi) is 4.09. The summed E-state index contributed by atoms with van der Waals surface area (Å²) in [5, 5.41) is 8.83. The molecular formula is C11H16N2O2. The van der Waals surface area contributed by atoms with E-state index in [4.69, 9.17) is 5.11 Å². The van der Waals surface area contributed by atoms with Crippen molar-refractivity contribution in [3.63, 3.8) is 0 Å². The molecule has 0 radical (unpaired) electrons. The van der Waals surface area contributed by atoms with E-state index in [1.54, 1.807) is 19.3 Å². The fraction of sp³-hybridized carbons (Fsp3) is 0.455. The van der Waals surface area contributed by atoms with E-state index in [1.807, 2.05) is 24.0 Å². The van der Waals surface area contributed by atoms with E-state index in [2.05, 4.69) is 4.98 Å². The largest absolute Gasteiger partial charge is 0.481 e. The van der Waals surface area contributed by atoms with Crippen molar-refractivity contribution in [2.24, 2.45) is 5.92 Å². The molecule has 1 aromatic heterocycles. The van der Waals surface area contributed by atoms with Gasteiger partial charge in [0.25, 0.3) is 0 Å². The third-order valence-electron chi connectivity index (χ3n) is 2.33. The molecule has 0 aliphatic heterocycles. The molecule has 0 aliphatic carbocycles. The minimum Gasteiger partial charge on any atom is -0.481 e. The van der Waals surface area contributed by atoms with Crippen LogP contribution in [0.2, 0.25) is 0 Å². The Bertz CT molecular complexity index is 314. The van der Waals surface area contributed by atoms with E-state index in [0.717, 1.165) is 12.2 Å². The summed E-state index contributed by atoms with van der Waals surface area (Å²) in [5.74, 6) is -1.12. The van der Waals surface area contributed by atoms with Crippen molar-refractivity contribution in [1.82, 2.24) is 4.98 Å². The van der Waals surface area contributed by atoms with Gasteiger partial charge in [0.05, 0.1) is 5.92 Å². The first-order chi connectivity index (χ1) is 7.15. The number of pyridine rings is 1. The van der Waals surface area contributed by atoms with Gasteiger partial charge < -0.3 is 10.0 Å². The van der Waals surface area contributed by atoms with Crippen LogP contribution in [0.25, 0.3) is 0 Å². The van der Waals surface area contributed by atoms with Crippen LogP contribution in [-0.2, 0) is 4.79 Å². The summed E-state index contributed by atoms with van der Waals surface area (Å²) >= 11 is 0. The standard InChI is InChI=1S/C11H16N2O2/c1-3-13(8-9(2)11(14)15)10-4-6-12-7-5-10/h4-7,9H,3,8H2,1-2H3,(H,14,15). The number of nitrogens with zero attached hydrogens (tertiary/aromatic N) is 2. The Labute approximate surface area is 89.6 Å². The van der Waals surface area contributed by atoms with Crippen molar-refractivity contribution in [3.05, 3.63) is 24.5 Å². The van der Waals surface area contributed by atoms with E-state index in [-0.39, 0.29) is 5.92 Å². The van der Waals surface area contributed by atoms with Gasteiger partial charge in [-0.3, -0.25) is 9.78 Å². The molecule has 1 unspecified atom stereocenters. The first-order valence-corrected chi connectivity index (χ1v) is 5.03. The van der Waals surface area contributed by atoms with E-state index in [9.17, 15) is 4.79 Å². The fourth-order valence-electron chi connectivity index (χ4n) is 1.38. The smallest absolute Gasteiger partial charge is 0.308 e. The molecule has 1 aromatic rings. The van der Waals surface area contributed by atoms with Crippen LogP contribution in [0.15, 0.2) is 24.5 Å². The van der Waals surface area contributed by atoms with E-state index in [0.29, 0.717) is 6.54 Å². The van der Waals surface area contributed by atoms with Crippen LogP contribution >= 0.6 is 0 Å². The van der Waals surface area contributed by atoms with Crippen LogP contribution in [0.5, 0.6) is 0 Å². The molecule has 0 spiro atoms. The topological polar surface area (TPSA) is 53.4 Å².